The second-order valence-corrected chi connectivity index (χ2v) is 6.06. The van der Waals surface area contributed by atoms with Crippen LogP contribution in [-0.4, -0.2) is 37.8 Å². The third kappa shape index (κ3) is 6.19. The molecule has 7 nitrogen and oxygen atoms in total. The average Bonchev–Trinajstić information content (AvgIpc) is 2.52. The van der Waals surface area contributed by atoms with Crippen LogP contribution in [0.5, 0.6) is 11.5 Å². The summed E-state index contributed by atoms with van der Waals surface area (Å²) in [6, 6.07) is 3.37. The Bertz CT molecular complexity index is 618. The molecule has 0 saturated carbocycles. The van der Waals surface area contributed by atoms with Crippen LogP contribution in [0, 0.1) is 0 Å². The largest absolute Gasteiger partial charge is 0.493 e. The predicted octanol–water partition coefficient (Wildman–Crippen LogP) is 2.22. The summed E-state index contributed by atoms with van der Waals surface area (Å²) in [5, 5.41) is 6.25. The zero-order chi connectivity index (χ0) is 18.1. The Morgan fingerprint density at radius 1 is 1.33 bits per heavy atom. The number of carbonyl (C=O) groups excluding carboxylic acids is 2. The number of amides is 2. The zero-order valence-corrected chi connectivity index (χ0v) is 15.8. The van der Waals surface area contributed by atoms with Crippen molar-refractivity contribution >= 4 is 34.0 Å². The van der Waals surface area contributed by atoms with Gasteiger partial charge in [0, 0.05) is 6.04 Å². The molecule has 1 aromatic rings. The highest BCUT2D eigenvalue weighted by molar-refractivity contribution is 9.10. The van der Waals surface area contributed by atoms with E-state index in [1.54, 1.807) is 33.1 Å². The highest BCUT2D eigenvalue weighted by Gasteiger charge is 2.13. The van der Waals surface area contributed by atoms with Crippen LogP contribution in [0.3, 0.4) is 0 Å². The van der Waals surface area contributed by atoms with Gasteiger partial charge in [-0.3, -0.25) is 9.59 Å². The number of nitrogens with one attached hydrogen (secondary N) is 2. The van der Waals surface area contributed by atoms with Gasteiger partial charge in [0.05, 0.1) is 24.4 Å². The Kier molecular flexibility index (Phi) is 8.25. The van der Waals surface area contributed by atoms with Crippen LogP contribution in [-0.2, 0) is 9.59 Å². The maximum Gasteiger partial charge on any atom is 0.329 e. The van der Waals surface area contributed by atoms with Gasteiger partial charge < -0.3 is 14.8 Å². The lowest BCUT2D eigenvalue weighted by Crippen LogP contribution is -2.41. The van der Waals surface area contributed by atoms with E-state index >= 15 is 0 Å². The summed E-state index contributed by atoms with van der Waals surface area (Å²) in [6.07, 6.45) is 2.29. The predicted molar refractivity (Wildman–Crippen MR) is 95.5 cm³/mol. The van der Waals surface area contributed by atoms with Gasteiger partial charge in [0.15, 0.2) is 11.5 Å². The molecule has 0 bridgehead atoms. The Labute approximate surface area is 149 Å². The van der Waals surface area contributed by atoms with Crippen LogP contribution in [0.25, 0.3) is 0 Å². The standard InChI is InChI=1S/C16H22BrN3O4/c1-5-6-24-14-12(17)7-11(8-13(14)23-4)9-18-20-16(22)15(21)19-10(2)3/h7-10H,5-6H2,1-4H3,(H,19,21)(H,20,22)/b18-9-. The van der Waals surface area contributed by atoms with Gasteiger partial charge in [0.1, 0.15) is 0 Å². The highest BCUT2D eigenvalue weighted by Crippen LogP contribution is 2.36. The molecule has 0 radical (unpaired) electrons. The van der Waals surface area contributed by atoms with Crippen LogP contribution in [0.4, 0.5) is 0 Å². The Hall–Kier alpha value is -2.09. The molecule has 0 heterocycles. The maximum atomic E-state index is 11.5. The molecule has 0 atom stereocenters. The number of rotatable bonds is 7. The summed E-state index contributed by atoms with van der Waals surface area (Å²) < 4.78 is 11.6. The number of hydrogen-bond donors (Lipinski definition) is 2. The molecule has 0 aliphatic rings. The zero-order valence-electron chi connectivity index (χ0n) is 14.2. The molecular weight excluding hydrogens is 378 g/mol. The second kappa shape index (κ2) is 9.92. The molecule has 0 aromatic heterocycles. The molecule has 1 aromatic carbocycles. The quantitative estimate of drug-likeness (QED) is 0.417. The van der Waals surface area contributed by atoms with E-state index in [4.69, 9.17) is 9.47 Å². The van der Waals surface area contributed by atoms with Crippen molar-refractivity contribution in [3.63, 3.8) is 0 Å². The highest BCUT2D eigenvalue weighted by atomic mass is 79.9. The fourth-order valence-corrected chi connectivity index (χ4v) is 2.28. The summed E-state index contributed by atoms with van der Waals surface area (Å²) in [5.74, 6) is -0.405. The Morgan fingerprint density at radius 2 is 2.04 bits per heavy atom. The van der Waals surface area contributed by atoms with E-state index in [2.05, 4.69) is 31.8 Å². The first-order valence-electron chi connectivity index (χ1n) is 7.53. The lowest BCUT2D eigenvalue weighted by molar-refractivity contribution is -0.139. The SMILES string of the molecule is CCCOc1c(Br)cc(/C=N\NC(=O)C(=O)NC(C)C)cc1OC. The van der Waals surface area contributed by atoms with Crippen molar-refractivity contribution in [2.24, 2.45) is 5.10 Å². The number of hydrogen-bond acceptors (Lipinski definition) is 5. The number of hydrazone groups is 1. The monoisotopic (exact) mass is 399 g/mol. The Balaban J connectivity index is 2.79. The molecule has 0 saturated heterocycles. The number of ether oxygens (including phenoxy) is 2. The summed E-state index contributed by atoms with van der Waals surface area (Å²) >= 11 is 3.42. The molecule has 0 spiro atoms. The molecule has 24 heavy (non-hydrogen) atoms. The van der Waals surface area contributed by atoms with Gasteiger partial charge in [0.2, 0.25) is 0 Å². The molecule has 0 aliphatic heterocycles. The molecule has 0 unspecified atom stereocenters. The molecule has 132 valence electrons. The summed E-state index contributed by atoms with van der Waals surface area (Å²) in [4.78, 5) is 23.0. The summed E-state index contributed by atoms with van der Waals surface area (Å²) in [5.41, 5.74) is 2.85. The van der Waals surface area contributed by atoms with E-state index in [0.717, 1.165) is 6.42 Å². The molecule has 2 amide bonds. The van der Waals surface area contributed by atoms with E-state index in [1.165, 1.54) is 6.21 Å². The number of methoxy groups -OCH3 is 1. The van der Waals surface area contributed by atoms with Crippen LogP contribution in [0.1, 0.15) is 32.8 Å². The maximum absolute atomic E-state index is 11.5. The lowest BCUT2D eigenvalue weighted by atomic mass is 10.2. The van der Waals surface area contributed by atoms with Crippen molar-refractivity contribution in [3.8, 4) is 11.5 Å². The number of benzene rings is 1. The van der Waals surface area contributed by atoms with Gasteiger partial charge in [-0.2, -0.15) is 5.10 Å². The van der Waals surface area contributed by atoms with Gasteiger partial charge in [-0.1, -0.05) is 6.92 Å². The second-order valence-electron chi connectivity index (χ2n) is 5.21. The number of nitrogens with zero attached hydrogens (tertiary/aromatic N) is 1. The van der Waals surface area contributed by atoms with Crippen LogP contribution in [0.2, 0.25) is 0 Å². The first kappa shape index (κ1) is 20.0. The van der Waals surface area contributed by atoms with Crippen molar-refractivity contribution in [1.82, 2.24) is 10.7 Å². The minimum atomic E-state index is -0.825. The van der Waals surface area contributed by atoms with Gasteiger partial charge in [0.25, 0.3) is 0 Å². The average molecular weight is 400 g/mol. The molecule has 1 rings (SSSR count). The Morgan fingerprint density at radius 3 is 2.62 bits per heavy atom. The summed E-state index contributed by atoms with van der Waals surface area (Å²) in [7, 11) is 1.54. The minimum Gasteiger partial charge on any atom is -0.493 e. The molecule has 0 aliphatic carbocycles. The van der Waals surface area contributed by atoms with E-state index in [9.17, 15) is 9.59 Å². The topological polar surface area (TPSA) is 89.0 Å². The van der Waals surface area contributed by atoms with Crippen LogP contribution in [0.15, 0.2) is 21.7 Å². The minimum absolute atomic E-state index is 0.122. The van der Waals surface area contributed by atoms with Crippen molar-refractivity contribution < 1.29 is 19.1 Å². The van der Waals surface area contributed by atoms with E-state index in [0.29, 0.717) is 28.1 Å². The van der Waals surface area contributed by atoms with E-state index < -0.39 is 11.8 Å². The molecule has 0 fully saturated rings. The fourth-order valence-electron chi connectivity index (χ4n) is 1.70. The molecular formula is C16H22BrN3O4. The smallest absolute Gasteiger partial charge is 0.329 e. The number of carbonyl (C=O) groups is 2. The first-order chi connectivity index (χ1) is 11.4. The first-order valence-corrected chi connectivity index (χ1v) is 8.32. The lowest BCUT2D eigenvalue weighted by Gasteiger charge is -2.12. The van der Waals surface area contributed by atoms with Gasteiger partial charge >= 0.3 is 11.8 Å². The van der Waals surface area contributed by atoms with Gasteiger partial charge in [-0.25, -0.2) is 5.43 Å². The molecule has 2 N–H and O–H groups in total. The third-order valence-electron chi connectivity index (χ3n) is 2.71. The van der Waals surface area contributed by atoms with Crippen molar-refractivity contribution in [1.29, 1.82) is 0 Å². The fraction of sp³-hybridized carbons (Fsp3) is 0.438. The molecule has 8 heteroatoms. The van der Waals surface area contributed by atoms with E-state index in [1.807, 2.05) is 6.92 Å². The van der Waals surface area contributed by atoms with Crippen molar-refractivity contribution in [2.75, 3.05) is 13.7 Å². The van der Waals surface area contributed by atoms with Crippen molar-refractivity contribution in [2.45, 2.75) is 33.2 Å². The van der Waals surface area contributed by atoms with Gasteiger partial charge in [-0.15, -0.1) is 0 Å². The third-order valence-corrected chi connectivity index (χ3v) is 3.30. The van der Waals surface area contributed by atoms with E-state index in [-0.39, 0.29) is 6.04 Å². The number of halogens is 1. The van der Waals surface area contributed by atoms with Crippen molar-refractivity contribution in [3.05, 3.63) is 22.2 Å². The normalized spacial score (nSPS) is 10.8. The summed E-state index contributed by atoms with van der Waals surface area (Å²) in [6.45, 7) is 6.11. The van der Waals surface area contributed by atoms with Crippen LogP contribution >= 0.6 is 15.9 Å². The van der Waals surface area contributed by atoms with Crippen LogP contribution < -0.4 is 20.2 Å². The van der Waals surface area contributed by atoms with Gasteiger partial charge in [-0.05, 0) is 53.9 Å².